The Morgan fingerprint density at radius 3 is 2.50 bits per heavy atom. The summed E-state index contributed by atoms with van der Waals surface area (Å²) in [6.07, 6.45) is 1.07. The number of nitrogens with one attached hydrogen (secondary N) is 1. The van der Waals surface area contributed by atoms with Crippen LogP contribution in [0.25, 0.3) is 10.8 Å². The summed E-state index contributed by atoms with van der Waals surface area (Å²) < 4.78 is 1.26. The van der Waals surface area contributed by atoms with Crippen molar-refractivity contribution in [3.8, 4) is 0 Å². The highest BCUT2D eigenvalue weighted by atomic mass is 16.3. The van der Waals surface area contributed by atoms with Crippen molar-refractivity contribution in [3.05, 3.63) is 39.8 Å². The molecule has 1 aromatic carbocycles. The molecule has 0 aliphatic heterocycles. The Morgan fingerprint density at radius 2 is 1.96 bits per heavy atom. The molecule has 2 aromatic rings. The quantitative estimate of drug-likeness (QED) is 0.848. The fraction of sp³-hybridized carbons (Fsp3) is 0.591. The smallest absolute Gasteiger partial charge is 0.275 e. The van der Waals surface area contributed by atoms with Crippen LogP contribution in [0.5, 0.6) is 0 Å². The van der Waals surface area contributed by atoms with Gasteiger partial charge in [0.25, 0.3) is 5.56 Å². The van der Waals surface area contributed by atoms with Gasteiger partial charge in [-0.15, -0.1) is 0 Å². The Kier molecular flexibility index (Phi) is 5.13. The molecule has 6 heteroatoms. The Labute approximate surface area is 166 Å². The SMILES string of the molecule is CC(C)c1nn(CC(=O)NC2CC(C)(O)C2)c(=O)c2ccc(C(C)(C)C)cc12. The standard InChI is InChI=1S/C22H31N3O3/c1-13(2)19-17-9-14(21(3,4)5)7-8-16(17)20(27)25(24-19)12-18(26)23-15-10-22(6,28)11-15/h7-9,13,15,28H,10-12H2,1-6H3,(H,23,26). The highest BCUT2D eigenvalue weighted by molar-refractivity contribution is 5.85. The predicted molar refractivity (Wildman–Crippen MR) is 111 cm³/mol. The first-order valence-electron chi connectivity index (χ1n) is 9.94. The minimum atomic E-state index is -0.703. The molecule has 0 atom stereocenters. The van der Waals surface area contributed by atoms with Crippen LogP contribution in [0.2, 0.25) is 0 Å². The molecular weight excluding hydrogens is 354 g/mol. The molecular formula is C22H31N3O3. The van der Waals surface area contributed by atoms with Crippen molar-refractivity contribution in [2.24, 2.45) is 0 Å². The second-order valence-corrected chi connectivity index (χ2v) is 9.68. The number of amides is 1. The van der Waals surface area contributed by atoms with E-state index in [9.17, 15) is 14.7 Å². The van der Waals surface area contributed by atoms with Crippen LogP contribution in [0.4, 0.5) is 0 Å². The summed E-state index contributed by atoms with van der Waals surface area (Å²) in [6, 6.07) is 5.84. The molecule has 1 aliphatic rings. The van der Waals surface area contributed by atoms with E-state index in [4.69, 9.17) is 0 Å². The van der Waals surface area contributed by atoms with Gasteiger partial charge in [0.2, 0.25) is 5.91 Å². The lowest BCUT2D eigenvalue weighted by Crippen LogP contribution is -2.54. The van der Waals surface area contributed by atoms with E-state index in [1.165, 1.54) is 4.68 Å². The summed E-state index contributed by atoms with van der Waals surface area (Å²) in [7, 11) is 0. The van der Waals surface area contributed by atoms with Gasteiger partial charge in [-0.05, 0) is 48.8 Å². The average molecular weight is 386 g/mol. The number of hydrogen-bond acceptors (Lipinski definition) is 4. The van der Waals surface area contributed by atoms with Crippen molar-refractivity contribution in [1.29, 1.82) is 0 Å². The van der Waals surface area contributed by atoms with E-state index >= 15 is 0 Å². The van der Waals surface area contributed by atoms with Gasteiger partial charge >= 0.3 is 0 Å². The number of carbonyl (C=O) groups is 1. The molecule has 0 unspecified atom stereocenters. The lowest BCUT2D eigenvalue weighted by Gasteiger charge is -2.41. The highest BCUT2D eigenvalue weighted by Crippen LogP contribution is 2.31. The van der Waals surface area contributed by atoms with Crippen molar-refractivity contribution < 1.29 is 9.90 Å². The van der Waals surface area contributed by atoms with Crippen molar-refractivity contribution in [1.82, 2.24) is 15.1 Å². The van der Waals surface area contributed by atoms with E-state index in [-0.39, 0.29) is 35.4 Å². The maximum Gasteiger partial charge on any atom is 0.275 e. The van der Waals surface area contributed by atoms with Gasteiger partial charge in [-0.25, -0.2) is 4.68 Å². The lowest BCUT2D eigenvalue weighted by molar-refractivity contribution is -0.125. The fourth-order valence-corrected chi connectivity index (χ4v) is 3.82. The fourth-order valence-electron chi connectivity index (χ4n) is 3.82. The van der Waals surface area contributed by atoms with Crippen LogP contribution in [-0.2, 0) is 16.8 Å². The van der Waals surface area contributed by atoms with Crippen molar-refractivity contribution in [2.45, 2.75) is 83.9 Å². The summed E-state index contributed by atoms with van der Waals surface area (Å²) in [5, 5.41) is 18.7. The third kappa shape index (κ3) is 4.12. The zero-order chi connectivity index (χ0) is 20.9. The normalized spacial score (nSPS) is 22.4. The lowest BCUT2D eigenvalue weighted by atomic mass is 9.77. The van der Waals surface area contributed by atoms with E-state index in [0.717, 1.165) is 16.6 Å². The topological polar surface area (TPSA) is 84.2 Å². The molecule has 0 spiro atoms. The van der Waals surface area contributed by atoms with E-state index in [1.807, 2.05) is 26.0 Å². The third-order valence-electron chi connectivity index (χ3n) is 5.43. The van der Waals surface area contributed by atoms with Crippen molar-refractivity contribution in [3.63, 3.8) is 0 Å². The molecule has 1 saturated carbocycles. The highest BCUT2D eigenvalue weighted by Gasteiger charge is 2.39. The molecule has 28 heavy (non-hydrogen) atoms. The maximum atomic E-state index is 13.0. The molecule has 1 aliphatic carbocycles. The average Bonchev–Trinajstić information content (AvgIpc) is 2.54. The van der Waals surface area contributed by atoms with Gasteiger partial charge in [0.15, 0.2) is 0 Å². The van der Waals surface area contributed by atoms with Gasteiger partial charge in [-0.1, -0.05) is 40.7 Å². The molecule has 6 nitrogen and oxygen atoms in total. The van der Waals surface area contributed by atoms with Crippen LogP contribution in [0.1, 0.15) is 71.6 Å². The second kappa shape index (κ2) is 6.99. The van der Waals surface area contributed by atoms with E-state index < -0.39 is 5.60 Å². The molecule has 1 heterocycles. The zero-order valence-corrected chi connectivity index (χ0v) is 17.7. The molecule has 1 fully saturated rings. The molecule has 0 bridgehead atoms. The maximum absolute atomic E-state index is 13.0. The summed E-state index contributed by atoms with van der Waals surface area (Å²) >= 11 is 0. The van der Waals surface area contributed by atoms with Gasteiger partial charge in [-0.2, -0.15) is 5.10 Å². The van der Waals surface area contributed by atoms with Crippen LogP contribution in [-0.4, -0.2) is 32.4 Å². The molecule has 1 aromatic heterocycles. The van der Waals surface area contributed by atoms with Gasteiger partial charge in [-0.3, -0.25) is 9.59 Å². The number of fused-ring (bicyclic) bond motifs is 1. The summed E-state index contributed by atoms with van der Waals surface area (Å²) in [6.45, 7) is 12.1. The van der Waals surface area contributed by atoms with E-state index in [2.05, 4.69) is 37.3 Å². The number of aromatic nitrogens is 2. The van der Waals surface area contributed by atoms with Crippen molar-refractivity contribution >= 4 is 16.7 Å². The molecule has 0 radical (unpaired) electrons. The van der Waals surface area contributed by atoms with E-state index in [0.29, 0.717) is 18.2 Å². The Morgan fingerprint density at radius 1 is 1.32 bits per heavy atom. The second-order valence-electron chi connectivity index (χ2n) is 9.68. The van der Waals surface area contributed by atoms with Crippen LogP contribution < -0.4 is 10.9 Å². The number of carbonyl (C=O) groups excluding carboxylic acids is 1. The van der Waals surface area contributed by atoms with E-state index in [1.54, 1.807) is 6.92 Å². The first kappa shape index (κ1) is 20.5. The number of nitrogens with zero attached hydrogens (tertiary/aromatic N) is 2. The third-order valence-corrected chi connectivity index (χ3v) is 5.43. The van der Waals surface area contributed by atoms with Gasteiger partial charge in [0, 0.05) is 11.4 Å². The number of aliphatic hydroxyl groups is 1. The number of benzene rings is 1. The van der Waals surface area contributed by atoms with Gasteiger partial charge in [0.05, 0.1) is 16.7 Å². The Balaban J connectivity index is 1.94. The number of hydrogen-bond donors (Lipinski definition) is 2. The molecule has 2 N–H and O–H groups in total. The minimum absolute atomic E-state index is 0.0266. The van der Waals surface area contributed by atoms with Crippen LogP contribution in [0.15, 0.2) is 23.0 Å². The zero-order valence-electron chi connectivity index (χ0n) is 17.7. The Bertz CT molecular complexity index is 959. The number of rotatable bonds is 4. The molecule has 152 valence electrons. The van der Waals surface area contributed by atoms with Crippen LogP contribution in [0.3, 0.4) is 0 Å². The molecule has 1 amide bonds. The Hall–Kier alpha value is -2.21. The van der Waals surface area contributed by atoms with Crippen LogP contribution >= 0.6 is 0 Å². The summed E-state index contributed by atoms with van der Waals surface area (Å²) in [5.41, 5.74) is 0.985. The predicted octanol–water partition coefficient (Wildman–Crippen LogP) is 2.85. The summed E-state index contributed by atoms with van der Waals surface area (Å²) in [5.74, 6) is -0.134. The largest absolute Gasteiger partial charge is 0.390 e. The monoisotopic (exact) mass is 385 g/mol. The first-order valence-corrected chi connectivity index (χ1v) is 9.94. The van der Waals surface area contributed by atoms with Crippen molar-refractivity contribution in [2.75, 3.05) is 0 Å². The molecule has 0 saturated heterocycles. The minimum Gasteiger partial charge on any atom is -0.390 e. The van der Waals surface area contributed by atoms with Gasteiger partial charge in [0.1, 0.15) is 6.54 Å². The van der Waals surface area contributed by atoms with Gasteiger partial charge < -0.3 is 10.4 Å². The first-order chi connectivity index (χ1) is 12.9. The molecule has 3 rings (SSSR count). The summed E-state index contributed by atoms with van der Waals surface area (Å²) in [4.78, 5) is 25.3. The van der Waals surface area contributed by atoms with Crippen LogP contribution in [0, 0.1) is 0 Å².